The van der Waals surface area contributed by atoms with Crippen molar-refractivity contribution in [3.05, 3.63) is 29.3 Å². The van der Waals surface area contributed by atoms with Gasteiger partial charge >= 0.3 is 0 Å². The van der Waals surface area contributed by atoms with E-state index < -0.39 is 0 Å². The lowest BCUT2D eigenvalue weighted by Crippen LogP contribution is -2.35. The maximum Gasteiger partial charge on any atom is 0.266 e. The average molecular weight is 365 g/mol. The molecule has 1 fully saturated rings. The van der Waals surface area contributed by atoms with Crippen LogP contribution in [-0.4, -0.2) is 43.8 Å². The maximum absolute atomic E-state index is 12.8. The van der Waals surface area contributed by atoms with Crippen molar-refractivity contribution >= 4 is 33.3 Å². The number of nitrogen functional groups attached to an aromatic ring is 1. The van der Waals surface area contributed by atoms with Gasteiger partial charge in [-0.05, 0) is 19.3 Å². The summed E-state index contributed by atoms with van der Waals surface area (Å²) in [5.41, 5.74) is 8.31. The molecule has 0 unspecified atom stereocenters. The van der Waals surface area contributed by atoms with E-state index in [9.17, 15) is 4.79 Å². The standard InChI is InChI=1S/C17H15N7OS/c18-6-12-20-7-10(8-21-12)11-9-22-14-13(19)15(26-16(14)23-11)17(25)24-4-2-1-3-5-24/h7-9H,1-5,19H2. The lowest BCUT2D eigenvalue weighted by Gasteiger charge is -2.26. The highest BCUT2D eigenvalue weighted by atomic mass is 32.1. The molecule has 1 amide bonds. The molecule has 26 heavy (non-hydrogen) atoms. The number of aromatic nitrogens is 4. The summed E-state index contributed by atoms with van der Waals surface area (Å²) in [5, 5.41) is 8.78. The van der Waals surface area contributed by atoms with Crippen LogP contribution in [0.3, 0.4) is 0 Å². The smallest absolute Gasteiger partial charge is 0.266 e. The first-order valence-electron chi connectivity index (χ1n) is 8.24. The number of rotatable bonds is 2. The van der Waals surface area contributed by atoms with Gasteiger partial charge in [-0.25, -0.2) is 19.9 Å². The molecule has 9 heteroatoms. The summed E-state index contributed by atoms with van der Waals surface area (Å²) < 4.78 is 0. The molecule has 2 N–H and O–H groups in total. The van der Waals surface area contributed by atoms with Crippen LogP contribution in [0, 0.1) is 11.3 Å². The summed E-state index contributed by atoms with van der Waals surface area (Å²) in [6.07, 6.45) is 7.83. The van der Waals surface area contributed by atoms with Crippen molar-refractivity contribution in [2.75, 3.05) is 18.8 Å². The second-order valence-corrected chi connectivity index (χ2v) is 7.01. The zero-order valence-corrected chi connectivity index (χ0v) is 14.7. The van der Waals surface area contributed by atoms with Crippen molar-refractivity contribution in [1.29, 1.82) is 5.26 Å². The molecule has 1 saturated heterocycles. The van der Waals surface area contributed by atoms with Gasteiger partial charge in [-0.15, -0.1) is 11.3 Å². The first-order chi connectivity index (χ1) is 12.7. The lowest BCUT2D eigenvalue weighted by molar-refractivity contribution is 0.0730. The van der Waals surface area contributed by atoms with Gasteiger partial charge in [0.25, 0.3) is 5.91 Å². The molecule has 0 bridgehead atoms. The molecule has 8 nitrogen and oxygen atoms in total. The van der Waals surface area contributed by atoms with Gasteiger partial charge < -0.3 is 10.6 Å². The normalized spacial score (nSPS) is 14.3. The van der Waals surface area contributed by atoms with Crippen LogP contribution >= 0.6 is 11.3 Å². The van der Waals surface area contributed by atoms with E-state index in [1.165, 1.54) is 23.7 Å². The Balaban J connectivity index is 1.70. The molecule has 0 saturated carbocycles. The van der Waals surface area contributed by atoms with Gasteiger partial charge in [-0.1, -0.05) is 0 Å². The lowest BCUT2D eigenvalue weighted by atomic mass is 10.1. The monoisotopic (exact) mass is 365 g/mol. The third-order valence-corrected chi connectivity index (χ3v) is 5.40. The second-order valence-electron chi connectivity index (χ2n) is 6.01. The van der Waals surface area contributed by atoms with Crippen molar-refractivity contribution in [3.63, 3.8) is 0 Å². The van der Waals surface area contributed by atoms with Gasteiger partial charge in [0.05, 0.1) is 17.6 Å². The number of fused-ring (bicyclic) bond motifs is 1. The van der Waals surface area contributed by atoms with Crippen molar-refractivity contribution in [1.82, 2.24) is 24.8 Å². The molecule has 3 aromatic rings. The molecule has 0 radical (unpaired) electrons. The highest BCUT2D eigenvalue weighted by Gasteiger charge is 2.24. The molecule has 0 aliphatic carbocycles. The largest absolute Gasteiger partial charge is 0.396 e. The van der Waals surface area contributed by atoms with E-state index in [2.05, 4.69) is 19.9 Å². The summed E-state index contributed by atoms with van der Waals surface area (Å²) in [5.74, 6) is 0.0489. The molecule has 4 heterocycles. The Morgan fingerprint density at radius 2 is 1.88 bits per heavy atom. The SMILES string of the molecule is N#Cc1ncc(-c2cnc3c(N)c(C(=O)N4CCCCC4)sc3n2)cn1. The number of carbonyl (C=O) groups is 1. The highest BCUT2D eigenvalue weighted by molar-refractivity contribution is 7.21. The third-order valence-electron chi connectivity index (χ3n) is 4.32. The van der Waals surface area contributed by atoms with Crippen LogP contribution in [0.4, 0.5) is 5.69 Å². The van der Waals surface area contributed by atoms with Gasteiger partial charge in [-0.3, -0.25) is 4.79 Å². The number of amides is 1. The fourth-order valence-corrected chi connectivity index (χ4v) is 3.96. The number of thiophene rings is 1. The minimum absolute atomic E-state index is 0.0461. The number of nitrogens with zero attached hydrogens (tertiary/aromatic N) is 6. The number of hydrogen-bond acceptors (Lipinski definition) is 8. The van der Waals surface area contributed by atoms with Gasteiger partial charge in [0, 0.05) is 31.0 Å². The maximum atomic E-state index is 12.8. The van der Waals surface area contributed by atoms with Gasteiger partial charge in [0.15, 0.2) is 0 Å². The zero-order valence-electron chi connectivity index (χ0n) is 13.8. The zero-order chi connectivity index (χ0) is 18.1. The van der Waals surface area contributed by atoms with E-state index in [0.29, 0.717) is 32.2 Å². The quantitative estimate of drug-likeness (QED) is 0.739. The highest BCUT2D eigenvalue weighted by Crippen LogP contribution is 2.33. The Kier molecular flexibility index (Phi) is 4.18. The topological polar surface area (TPSA) is 122 Å². The Morgan fingerprint density at radius 3 is 2.58 bits per heavy atom. The fraction of sp³-hybridized carbons (Fsp3) is 0.294. The summed E-state index contributed by atoms with van der Waals surface area (Å²) in [7, 11) is 0. The Bertz CT molecular complexity index is 1020. The molecular weight excluding hydrogens is 350 g/mol. The number of carbonyl (C=O) groups excluding carboxylic acids is 1. The Hall–Kier alpha value is -3.12. The Labute approximate surface area is 153 Å². The molecule has 0 spiro atoms. The number of likely N-dealkylation sites (tertiary alicyclic amines) is 1. The van der Waals surface area contributed by atoms with E-state index in [1.807, 2.05) is 11.0 Å². The summed E-state index contributed by atoms with van der Waals surface area (Å²) >= 11 is 1.26. The molecule has 1 aliphatic heterocycles. The predicted molar refractivity (Wildman–Crippen MR) is 97.3 cm³/mol. The number of nitriles is 1. The van der Waals surface area contributed by atoms with E-state index in [-0.39, 0.29) is 11.7 Å². The van der Waals surface area contributed by atoms with Crippen LogP contribution in [-0.2, 0) is 0 Å². The molecule has 3 aromatic heterocycles. The summed E-state index contributed by atoms with van der Waals surface area (Å²) in [4.78, 5) is 32.5. The minimum atomic E-state index is -0.0461. The number of piperidine rings is 1. The van der Waals surface area contributed by atoms with Crippen LogP contribution in [0.5, 0.6) is 0 Å². The first kappa shape index (κ1) is 16.4. The van der Waals surface area contributed by atoms with Crippen LogP contribution in [0.1, 0.15) is 34.8 Å². The third kappa shape index (κ3) is 2.84. The number of anilines is 1. The van der Waals surface area contributed by atoms with E-state index in [4.69, 9.17) is 11.0 Å². The average Bonchev–Trinajstić information content (AvgIpc) is 3.04. The predicted octanol–water partition coefficient (Wildman–Crippen LogP) is 2.23. The first-order valence-corrected chi connectivity index (χ1v) is 9.06. The van der Waals surface area contributed by atoms with Crippen LogP contribution < -0.4 is 5.73 Å². The van der Waals surface area contributed by atoms with Crippen LogP contribution in [0.2, 0.25) is 0 Å². The van der Waals surface area contributed by atoms with E-state index in [1.54, 1.807) is 6.20 Å². The van der Waals surface area contributed by atoms with Crippen LogP contribution in [0.25, 0.3) is 21.6 Å². The Morgan fingerprint density at radius 1 is 1.15 bits per heavy atom. The second kappa shape index (κ2) is 6.65. The molecule has 0 aromatic carbocycles. The van der Waals surface area contributed by atoms with Gasteiger partial charge in [0.1, 0.15) is 21.3 Å². The van der Waals surface area contributed by atoms with E-state index >= 15 is 0 Å². The molecular formula is C17H15N7OS. The molecule has 130 valence electrons. The summed E-state index contributed by atoms with van der Waals surface area (Å²) in [6, 6.07) is 1.87. The van der Waals surface area contributed by atoms with Gasteiger partial charge in [0.2, 0.25) is 5.82 Å². The molecule has 0 atom stereocenters. The minimum Gasteiger partial charge on any atom is -0.396 e. The number of nitrogens with two attached hydrogens (primary N) is 1. The number of hydrogen-bond donors (Lipinski definition) is 1. The summed E-state index contributed by atoms with van der Waals surface area (Å²) in [6.45, 7) is 1.53. The fourth-order valence-electron chi connectivity index (χ4n) is 2.94. The van der Waals surface area contributed by atoms with Gasteiger partial charge in [-0.2, -0.15) is 5.26 Å². The van der Waals surface area contributed by atoms with Crippen molar-refractivity contribution in [2.24, 2.45) is 0 Å². The van der Waals surface area contributed by atoms with Crippen molar-refractivity contribution < 1.29 is 4.79 Å². The van der Waals surface area contributed by atoms with Crippen molar-refractivity contribution in [3.8, 4) is 17.3 Å². The molecule has 1 aliphatic rings. The van der Waals surface area contributed by atoms with E-state index in [0.717, 1.165) is 32.4 Å². The van der Waals surface area contributed by atoms with Crippen molar-refractivity contribution in [2.45, 2.75) is 19.3 Å². The molecule has 4 rings (SSSR count). The van der Waals surface area contributed by atoms with Crippen LogP contribution in [0.15, 0.2) is 18.6 Å².